The Morgan fingerprint density at radius 1 is 1.40 bits per heavy atom. The molecule has 1 aliphatic heterocycles. The van der Waals surface area contributed by atoms with Crippen molar-refractivity contribution in [1.29, 1.82) is 0 Å². The Labute approximate surface area is 97.8 Å². The third kappa shape index (κ3) is 2.07. The Hall–Kier alpha value is -0.830. The summed E-state index contributed by atoms with van der Waals surface area (Å²) in [4.78, 5) is 11.7. The van der Waals surface area contributed by atoms with Crippen molar-refractivity contribution in [1.82, 2.24) is 0 Å². The maximum absolute atomic E-state index is 11.7. The van der Waals surface area contributed by atoms with Gasteiger partial charge in [0.25, 0.3) is 0 Å². The van der Waals surface area contributed by atoms with E-state index in [2.05, 4.69) is 15.9 Å². The van der Waals surface area contributed by atoms with E-state index in [-0.39, 0.29) is 17.5 Å². The van der Waals surface area contributed by atoms with Gasteiger partial charge in [-0.05, 0) is 25.5 Å². The van der Waals surface area contributed by atoms with Gasteiger partial charge >= 0.3 is 5.97 Å². The fraction of sp³-hybridized carbons (Fsp3) is 0.417. The highest BCUT2D eigenvalue weighted by molar-refractivity contribution is 9.10. The van der Waals surface area contributed by atoms with Crippen LogP contribution in [0.3, 0.4) is 0 Å². The highest BCUT2D eigenvalue weighted by Crippen LogP contribution is 2.39. The Kier molecular flexibility index (Phi) is 2.59. The molecule has 2 rings (SSSR count). The van der Waals surface area contributed by atoms with Gasteiger partial charge in [-0.2, -0.15) is 0 Å². The van der Waals surface area contributed by atoms with E-state index in [0.717, 1.165) is 16.5 Å². The Balaban J connectivity index is 2.34. The average molecular weight is 269 g/mol. The minimum absolute atomic E-state index is 0.119. The summed E-state index contributed by atoms with van der Waals surface area (Å²) in [6.07, 6.45) is 0.744. The first-order valence-electron chi connectivity index (χ1n) is 4.97. The van der Waals surface area contributed by atoms with Crippen LogP contribution in [0, 0.1) is 0 Å². The van der Waals surface area contributed by atoms with Crippen LogP contribution in [0.25, 0.3) is 0 Å². The van der Waals surface area contributed by atoms with E-state index in [4.69, 9.17) is 4.74 Å². The molecule has 0 spiro atoms. The number of hydrogen-bond acceptors (Lipinski definition) is 2. The molecule has 15 heavy (non-hydrogen) atoms. The number of ether oxygens (including phenoxy) is 1. The van der Waals surface area contributed by atoms with Gasteiger partial charge in [0, 0.05) is 10.9 Å². The number of halogens is 1. The molecule has 1 saturated heterocycles. The Bertz CT molecular complexity index is 398. The third-order valence-corrected chi connectivity index (χ3v) is 3.36. The van der Waals surface area contributed by atoms with E-state index in [0.29, 0.717) is 0 Å². The average Bonchev–Trinajstić information content (AvgIpc) is 2.40. The highest BCUT2D eigenvalue weighted by atomic mass is 79.9. The van der Waals surface area contributed by atoms with Gasteiger partial charge in [-0.25, -0.2) is 0 Å². The van der Waals surface area contributed by atoms with Crippen LogP contribution in [0.4, 0.5) is 0 Å². The summed E-state index contributed by atoms with van der Waals surface area (Å²) in [7, 11) is 0. The predicted molar refractivity (Wildman–Crippen MR) is 61.7 cm³/mol. The zero-order valence-corrected chi connectivity index (χ0v) is 10.4. The van der Waals surface area contributed by atoms with Crippen molar-refractivity contribution in [3.8, 4) is 0 Å². The van der Waals surface area contributed by atoms with Gasteiger partial charge < -0.3 is 4.74 Å². The molecule has 1 atom stereocenters. The van der Waals surface area contributed by atoms with Crippen LogP contribution in [-0.2, 0) is 9.53 Å². The van der Waals surface area contributed by atoms with Crippen LogP contribution >= 0.6 is 15.9 Å². The molecule has 0 amide bonds. The molecular weight excluding hydrogens is 256 g/mol. The van der Waals surface area contributed by atoms with Crippen LogP contribution < -0.4 is 0 Å². The summed E-state index contributed by atoms with van der Waals surface area (Å²) in [6.45, 7) is 3.89. The van der Waals surface area contributed by atoms with Gasteiger partial charge in [-0.1, -0.05) is 34.1 Å². The molecule has 1 fully saturated rings. The summed E-state index contributed by atoms with van der Waals surface area (Å²) >= 11 is 3.46. The Morgan fingerprint density at radius 3 is 2.60 bits per heavy atom. The van der Waals surface area contributed by atoms with Crippen molar-refractivity contribution in [2.24, 2.45) is 0 Å². The van der Waals surface area contributed by atoms with Gasteiger partial charge in [0.1, 0.15) is 5.60 Å². The van der Waals surface area contributed by atoms with Crippen LogP contribution in [0.5, 0.6) is 0 Å². The maximum Gasteiger partial charge on any atom is 0.314 e. The fourth-order valence-corrected chi connectivity index (χ4v) is 2.52. The zero-order valence-electron chi connectivity index (χ0n) is 8.79. The van der Waals surface area contributed by atoms with E-state index >= 15 is 0 Å². The molecule has 0 N–H and O–H groups in total. The Morgan fingerprint density at radius 2 is 2.07 bits per heavy atom. The summed E-state index contributed by atoms with van der Waals surface area (Å²) in [5.74, 6) is -0.248. The molecule has 0 aromatic heterocycles. The van der Waals surface area contributed by atoms with E-state index in [1.165, 1.54) is 0 Å². The lowest BCUT2D eigenvalue weighted by Gasteiger charge is -2.14. The smallest absolute Gasteiger partial charge is 0.314 e. The number of benzene rings is 1. The van der Waals surface area contributed by atoms with Gasteiger partial charge in [-0.3, -0.25) is 4.79 Å². The number of carbonyl (C=O) groups excluding carboxylic acids is 1. The van der Waals surface area contributed by atoms with Crippen LogP contribution in [0.2, 0.25) is 0 Å². The molecule has 1 aromatic carbocycles. The second-order valence-electron chi connectivity index (χ2n) is 4.46. The van der Waals surface area contributed by atoms with Crippen molar-refractivity contribution >= 4 is 21.9 Å². The fourth-order valence-electron chi connectivity index (χ4n) is 1.95. The molecule has 0 unspecified atom stereocenters. The van der Waals surface area contributed by atoms with Crippen LogP contribution in [0.1, 0.15) is 31.7 Å². The summed E-state index contributed by atoms with van der Waals surface area (Å²) in [5, 5.41) is 0. The number of hydrogen-bond donors (Lipinski definition) is 0. The van der Waals surface area contributed by atoms with E-state index in [9.17, 15) is 4.79 Å². The molecule has 0 saturated carbocycles. The first-order chi connectivity index (χ1) is 6.99. The first-order valence-corrected chi connectivity index (χ1v) is 5.76. The van der Waals surface area contributed by atoms with E-state index < -0.39 is 0 Å². The van der Waals surface area contributed by atoms with Crippen molar-refractivity contribution in [3.05, 3.63) is 34.3 Å². The first kappa shape index (κ1) is 10.7. The SMILES string of the molecule is CC1(C)C[C@@H](c2ccccc2Br)C(=O)O1. The van der Waals surface area contributed by atoms with E-state index in [1.54, 1.807) is 0 Å². The second kappa shape index (κ2) is 3.63. The standard InChI is InChI=1S/C12H13BrO2/c1-12(2)7-9(11(14)15-12)8-5-3-4-6-10(8)13/h3-6,9H,7H2,1-2H3/t9-/m0/s1. The monoisotopic (exact) mass is 268 g/mol. The molecular formula is C12H13BrO2. The quantitative estimate of drug-likeness (QED) is 0.731. The van der Waals surface area contributed by atoms with Gasteiger partial charge in [0.2, 0.25) is 0 Å². The van der Waals surface area contributed by atoms with Crippen molar-refractivity contribution in [2.45, 2.75) is 31.8 Å². The molecule has 2 nitrogen and oxygen atoms in total. The van der Waals surface area contributed by atoms with Gasteiger partial charge in [0.15, 0.2) is 0 Å². The van der Waals surface area contributed by atoms with Crippen LogP contribution in [-0.4, -0.2) is 11.6 Å². The second-order valence-corrected chi connectivity index (χ2v) is 5.31. The minimum Gasteiger partial charge on any atom is -0.459 e. The predicted octanol–water partition coefficient (Wildman–Crippen LogP) is 3.26. The summed E-state index contributed by atoms with van der Waals surface area (Å²) in [5.41, 5.74) is 0.685. The molecule has 80 valence electrons. The molecule has 0 bridgehead atoms. The lowest BCUT2D eigenvalue weighted by Crippen LogP contribution is -2.17. The van der Waals surface area contributed by atoms with Crippen molar-refractivity contribution < 1.29 is 9.53 Å². The molecule has 1 heterocycles. The highest BCUT2D eigenvalue weighted by Gasteiger charge is 2.41. The number of carbonyl (C=O) groups is 1. The number of esters is 1. The summed E-state index contributed by atoms with van der Waals surface area (Å²) < 4.78 is 6.29. The lowest BCUT2D eigenvalue weighted by atomic mass is 9.91. The molecule has 0 aliphatic carbocycles. The number of cyclic esters (lactones) is 1. The van der Waals surface area contributed by atoms with Crippen molar-refractivity contribution in [3.63, 3.8) is 0 Å². The molecule has 0 radical (unpaired) electrons. The normalized spacial score (nSPS) is 23.9. The summed E-state index contributed by atoms with van der Waals surface area (Å²) in [6, 6.07) is 7.81. The molecule has 3 heteroatoms. The minimum atomic E-state index is -0.336. The lowest BCUT2D eigenvalue weighted by molar-refractivity contribution is -0.146. The van der Waals surface area contributed by atoms with Crippen LogP contribution in [0.15, 0.2) is 28.7 Å². The maximum atomic E-state index is 11.7. The van der Waals surface area contributed by atoms with E-state index in [1.807, 2.05) is 38.1 Å². The van der Waals surface area contributed by atoms with Crippen molar-refractivity contribution in [2.75, 3.05) is 0 Å². The molecule has 1 aliphatic rings. The zero-order chi connectivity index (χ0) is 11.1. The van der Waals surface area contributed by atoms with Gasteiger partial charge in [0.05, 0.1) is 5.92 Å². The third-order valence-electron chi connectivity index (χ3n) is 2.64. The topological polar surface area (TPSA) is 26.3 Å². The molecule has 1 aromatic rings. The number of rotatable bonds is 1. The largest absolute Gasteiger partial charge is 0.459 e. The van der Waals surface area contributed by atoms with Gasteiger partial charge in [-0.15, -0.1) is 0 Å².